The number of likely N-dealkylation sites (tertiary alicyclic amines) is 1. The lowest BCUT2D eigenvalue weighted by Gasteiger charge is -2.30. The summed E-state index contributed by atoms with van der Waals surface area (Å²) >= 11 is 7.80. The van der Waals surface area contributed by atoms with E-state index in [-0.39, 0.29) is 36.7 Å². The van der Waals surface area contributed by atoms with Crippen LogP contribution in [-0.2, 0) is 20.7 Å². The molecular weight excluding hydrogens is 474 g/mol. The van der Waals surface area contributed by atoms with Crippen LogP contribution in [0.25, 0.3) is 10.4 Å². The molecule has 3 fully saturated rings. The summed E-state index contributed by atoms with van der Waals surface area (Å²) in [5, 5.41) is 2.60. The molecule has 0 radical (unpaired) electrons. The van der Waals surface area contributed by atoms with Gasteiger partial charge >= 0.3 is 0 Å². The minimum absolute atomic E-state index is 0.0183. The highest BCUT2D eigenvalue weighted by Crippen LogP contribution is 2.35. The van der Waals surface area contributed by atoms with Crippen LogP contribution >= 0.6 is 22.9 Å². The highest BCUT2D eigenvalue weighted by atomic mass is 35.5. The fourth-order valence-electron chi connectivity index (χ4n) is 5.33. The summed E-state index contributed by atoms with van der Waals surface area (Å²) in [6.07, 6.45) is 5.96. The van der Waals surface area contributed by atoms with E-state index >= 15 is 0 Å². The Kier molecular flexibility index (Phi) is 6.73. The molecule has 1 saturated carbocycles. The lowest BCUT2D eigenvalue weighted by molar-refractivity contribution is -0.139. The largest absolute Gasteiger partial charge is 0.366 e. The van der Waals surface area contributed by atoms with E-state index in [1.54, 1.807) is 17.2 Å². The average molecular weight is 502 g/mol. The number of aromatic nitrogens is 1. The zero-order chi connectivity index (χ0) is 23.8. The van der Waals surface area contributed by atoms with Gasteiger partial charge in [0.05, 0.1) is 10.3 Å². The number of Topliss-reactive ketones (excluding diaryl/α,β-unsaturated/α-hetero) is 1. The lowest BCUT2D eigenvalue weighted by Crippen LogP contribution is -2.54. The molecule has 0 bridgehead atoms. The summed E-state index contributed by atoms with van der Waals surface area (Å²) in [5.74, 6) is -0.563. The van der Waals surface area contributed by atoms with Crippen molar-refractivity contribution in [3.8, 4) is 10.4 Å². The smallest absolute Gasteiger partial charge is 0.262 e. The standard InChI is InChI=1S/C25H28ClN3O4S/c1-2-16-11-15(9-10-27-16)19-7-8-20(34-19)24(31)28-21(14-5-3-4-6-14)25(32)29-12-17(26)23-22(29)18(30)13-33-23/h7-11,14,17,21-23H,2-6,12-13H2,1H3,(H,28,31)/t17-,21-,22+,23+/m0/s1. The molecule has 0 aromatic carbocycles. The molecule has 2 amide bonds. The molecule has 7 nitrogen and oxygen atoms in total. The fourth-order valence-corrected chi connectivity index (χ4v) is 6.59. The molecule has 4 heterocycles. The molecule has 2 aliphatic heterocycles. The molecule has 34 heavy (non-hydrogen) atoms. The van der Waals surface area contributed by atoms with E-state index < -0.39 is 23.6 Å². The number of thiophene rings is 1. The van der Waals surface area contributed by atoms with Crippen LogP contribution in [-0.4, -0.2) is 64.2 Å². The van der Waals surface area contributed by atoms with Gasteiger partial charge in [0.1, 0.15) is 24.8 Å². The van der Waals surface area contributed by atoms with Crippen molar-refractivity contribution in [1.29, 1.82) is 0 Å². The Morgan fingerprint density at radius 1 is 1.29 bits per heavy atom. The number of alkyl halides is 1. The molecule has 1 N–H and O–H groups in total. The Morgan fingerprint density at radius 2 is 2.09 bits per heavy atom. The van der Waals surface area contributed by atoms with Crippen LogP contribution < -0.4 is 5.32 Å². The van der Waals surface area contributed by atoms with Crippen LogP contribution in [0.15, 0.2) is 30.5 Å². The first-order valence-corrected chi connectivity index (χ1v) is 13.2. The Hall–Kier alpha value is -2.29. The number of ether oxygens (including phenoxy) is 1. The summed E-state index contributed by atoms with van der Waals surface area (Å²) < 4.78 is 5.53. The van der Waals surface area contributed by atoms with Crippen LogP contribution in [0.1, 0.15) is 48.0 Å². The molecule has 9 heteroatoms. The third-order valence-corrected chi connectivity index (χ3v) is 8.64. The first-order valence-electron chi connectivity index (χ1n) is 11.9. The second-order valence-corrected chi connectivity index (χ2v) is 10.9. The van der Waals surface area contributed by atoms with Crippen molar-refractivity contribution in [3.63, 3.8) is 0 Å². The van der Waals surface area contributed by atoms with E-state index in [0.29, 0.717) is 4.88 Å². The first kappa shape index (κ1) is 23.5. The number of fused-ring (bicyclic) bond motifs is 1. The van der Waals surface area contributed by atoms with E-state index in [4.69, 9.17) is 16.3 Å². The predicted molar refractivity (Wildman–Crippen MR) is 130 cm³/mol. The molecule has 3 aliphatic rings. The van der Waals surface area contributed by atoms with Crippen molar-refractivity contribution in [2.45, 2.75) is 62.6 Å². The number of hydrogen-bond donors (Lipinski definition) is 1. The van der Waals surface area contributed by atoms with Crippen LogP contribution in [0, 0.1) is 5.92 Å². The minimum atomic E-state index is -0.677. The fraction of sp³-hybridized carbons (Fsp3) is 0.520. The molecule has 1 aliphatic carbocycles. The van der Waals surface area contributed by atoms with Gasteiger partial charge in [-0.15, -0.1) is 22.9 Å². The summed E-state index contributed by atoms with van der Waals surface area (Å²) in [5.41, 5.74) is 2.02. The van der Waals surface area contributed by atoms with Crippen molar-refractivity contribution < 1.29 is 19.1 Å². The normalized spacial score (nSPS) is 25.5. The Balaban J connectivity index is 1.35. The Bertz CT molecular complexity index is 1100. The number of ketones is 1. The molecule has 2 aromatic rings. The highest BCUT2D eigenvalue weighted by Gasteiger charge is 2.53. The van der Waals surface area contributed by atoms with Crippen molar-refractivity contribution in [1.82, 2.24) is 15.2 Å². The van der Waals surface area contributed by atoms with E-state index in [1.807, 2.05) is 18.2 Å². The Labute approximate surface area is 207 Å². The number of halogens is 1. The van der Waals surface area contributed by atoms with Crippen LogP contribution in [0.4, 0.5) is 0 Å². The summed E-state index contributed by atoms with van der Waals surface area (Å²) in [7, 11) is 0. The maximum absolute atomic E-state index is 13.7. The number of hydrogen-bond acceptors (Lipinski definition) is 6. The summed E-state index contributed by atoms with van der Waals surface area (Å²) in [4.78, 5) is 46.8. The van der Waals surface area contributed by atoms with Gasteiger partial charge in [-0.05, 0) is 55.0 Å². The van der Waals surface area contributed by atoms with E-state index in [1.165, 1.54) is 11.3 Å². The van der Waals surface area contributed by atoms with Crippen molar-refractivity contribution in [2.24, 2.45) is 5.92 Å². The molecule has 2 saturated heterocycles. The summed E-state index contributed by atoms with van der Waals surface area (Å²) in [6.45, 7) is 2.29. The summed E-state index contributed by atoms with van der Waals surface area (Å²) in [6, 6.07) is 6.37. The lowest BCUT2D eigenvalue weighted by atomic mass is 9.96. The number of amides is 2. The topological polar surface area (TPSA) is 88.6 Å². The van der Waals surface area contributed by atoms with Crippen molar-refractivity contribution in [3.05, 3.63) is 41.0 Å². The molecule has 180 valence electrons. The van der Waals surface area contributed by atoms with Gasteiger partial charge in [0.15, 0.2) is 5.78 Å². The zero-order valence-corrected chi connectivity index (χ0v) is 20.6. The van der Waals surface area contributed by atoms with Crippen molar-refractivity contribution in [2.75, 3.05) is 13.2 Å². The molecule has 0 unspecified atom stereocenters. The van der Waals surface area contributed by atoms with E-state index in [9.17, 15) is 14.4 Å². The second-order valence-electron chi connectivity index (χ2n) is 9.24. The van der Waals surface area contributed by atoms with E-state index in [2.05, 4.69) is 17.2 Å². The maximum Gasteiger partial charge on any atom is 0.262 e. The van der Waals surface area contributed by atoms with Gasteiger partial charge in [0, 0.05) is 23.3 Å². The predicted octanol–water partition coefficient (Wildman–Crippen LogP) is 3.45. The average Bonchev–Trinajstić information content (AvgIpc) is 3.64. The monoisotopic (exact) mass is 501 g/mol. The number of nitrogens with zero attached hydrogens (tertiary/aromatic N) is 2. The van der Waals surface area contributed by atoms with Gasteiger partial charge in [-0.3, -0.25) is 19.4 Å². The number of carbonyl (C=O) groups is 3. The van der Waals surface area contributed by atoms with Gasteiger partial charge in [0.25, 0.3) is 5.91 Å². The molecule has 0 spiro atoms. The highest BCUT2D eigenvalue weighted by molar-refractivity contribution is 7.17. The van der Waals surface area contributed by atoms with Crippen LogP contribution in [0.5, 0.6) is 0 Å². The molecule has 5 rings (SSSR count). The van der Waals surface area contributed by atoms with Crippen LogP contribution in [0.2, 0.25) is 0 Å². The zero-order valence-electron chi connectivity index (χ0n) is 19.0. The van der Waals surface area contributed by atoms with Gasteiger partial charge in [-0.2, -0.15) is 0 Å². The number of carbonyl (C=O) groups excluding carboxylic acids is 3. The minimum Gasteiger partial charge on any atom is -0.366 e. The third-order valence-electron chi connectivity index (χ3n) is 7.12. The van der Waals surface area contributed by atoms with Gasteiger partial charge < -0.3 is 15.0 Å². The SMILES string of the molecule is CCc1cc(-c2ccc(C(=O)N[C@H](C(=O)N3C[C@H](Cl)[C@H]4OCC(=O)[C@H]43)C3CCCC3)s2)ccn1. The number of rotatable bonds is 6. The third kappa shape index (κ3) is 4.39. The number of nitrogens with one attached hydrogen (secondary N) is 1. The molecule has 4 atom stereocenters. The van der Waals surface area contributed by atoms with Crippen molar-refractivity contribution >= 4 is 40.5 Å². The van der Waals surface area contributed by atoms with E-state index in [0.717, 1.165) is 48.2 Å². The first-order chi connectivity index (χ1) is 16.5. The maximum atomic E-state index is 13.7. The quantitative estimate of drug-likeness (QED) is 0.612. The number of aryl methyl sites for hydroxylation is 1. The van der Waals surface area contributed by atoms with Crippen LogP contribution in [0.3, 0.4) is 0 Å². The molecule has 2 aromatic heterocycles. The van der Waals surface area contributed by atoms with Gasteiger partial charge in [-0.1, -0.05) is 19.8 Å². The Morgan fingerprint density at radius 3 is 2.85 bits per heavy atom. The van der Waals surface area contributed by atoms with Gasteiger partial charge in [-0.25, -0.2) is 0 Å². The van der Waals surface area contributed by atoms with Gasteiger partial charge in [0.2, 0.25) is 5.91 Å². The number of pyridine rings is 1. The molecular formula is C25H28ClN3O4S. The second kappa shape index (κ2) is 9.76.